The molecule has 34 heavy (non-hydrogen) atoms. The number of piperidine rings is 1. The maximum atomic E-state index is 12.6. The van der Waals surface area contributed by atoms with Gasteiger partial charge >= 0.3 is 6.09 Å². The van der Waals surface area contributed by atoms with Crippen LogP contribution in [0.4, 0.5) is 10.7 Å². The summed E-state index contributed by atoms with van der Waals surface area (Å²) in [6, 6.07) is 9.91. The van der Waals surface area contributed by atoms with Gasteiger partial charge < -0.3 is 14.5 Å². The number of halogens is 1. The molecule has 1 amide bonds. The van der Waals surface area contributed by atoms with E-state index >= 15 is 0 Å². The van der Waals surface area contributed by atoms with Gasteiger partial charge in [-0.15, -0.1) is 5.10 Å². The summed E-state index contributed by atoms with van der Waals surface area (Å²) in [7, 11) is 3.80. The van der Waals surface area contributed by atoms with Crippen molar-refractivity contribution in [3.63, 3.8) is 0 Å². The Labute approximate surface area is 208 Å². The normalized spacial score (nSPS) is 16.9. The van der Waals surface area contributed by atoms with Crippen molar-refractivity contribution in [2.75, 3.05) is 27.2 Å². The van der Waals surface area contributed by atoms with Gasteiger partial charge in [-0.1, -0.05) is 30.3 Å². The highest BCUT2D eigenvalue weighted by Crippen LogP contribution is 2.34. The smallest absolute Gasteiger partial charge is 0.410 e. The van der Waals surface area contributed by atoms with E-state index in [9.17, 15) is 4.79 Å². The van der Waals surface area contributed by atoms with E-state index < -0.39 is 5.60 Å². The number of carbonyl (C=O) groups excluding carboxylic acids is 1. The number of benzene rings is 1. The van der Waals surface area contributed by atoms with Gasteiger partial charge in [0.15, 0.2) is 11.5 Å². The molecule has 1 aromatic carbocycles. The molecule has 0 radical (unpaired) electrons. The van der Waals surface area contributed by atoms with Crippen LogP contribution in [0.1, 0.15) is 45.4 Å². The van der Waals surface area contributed by atoms with E-state index in [1.54, 1.807) is 15.8 Å². The van der Waals surface area contributed by atoms with Crippen LogP contribution in [0.25, 0.3) is 16.9 Å². The predicted octanol–water partition coefficient (Wildman–Crippen LogP) is 4.89. The second-order valence-corrected chi connectivity index (χ2v) is 10.4. The van der Waals surface area contributed by atoms with Crippen molar-refractivity contribution in [3.05, 3.63) is 40.6 Å². The lowest BCUT2D eigenvalue weighted by molar-refractivity contribution is 0.0196. The van der Waals surface area contributed by atoms with Crippen LogP contribution in [0, 0.1) is 0 Å². The van der Waals surface area contributed by atoms with Gasteiger partial charge in [0.2, 0.25) is 0 Å². The first-order valence-electron chi connectivity index (χ1n) is 11.3. The minimum Gasteiger partial charge on any atom is -0.444 e. The molecular formula is C24H30BrN7O2. The minimum absolute atomic E-state index is 0.000998. The largest absolute Gasteiger partial charge is 0.444 e. The zero-order chi connectivity index (χ0) is 24.5. The number of ether oxygens (including phenoxy) is 1. The van der Waals surface area contributed by atoms with E-state index in [0.29, 0.717) is 30.5 Å². The van der Waals surface area contributed by atoms with Gasteiger partial charge in [0.05, 0.1) is 16.5 Å². The Morgan fingerprint density at radius 2 is 1.97 bits per heavy atom. The van der Waals surface area contributed by atoms with Gasteiger partial charge in [0.25, 0.3) is 5.95 Å². The van der Waals surface area contributed by atoms with Gasteiger partial charge in [-0.3, -0.25) is 0 Å². The van der Waals surface area contributed by atoms with Crippen LogP contribution in [0.3, 0.4) is 0 Å². The molecule has 0 bridgehead atoms. The third kappa shape index (κ3) is 5.38. The average Bonchev–Trinajstić information content (AvgIpc) is 3.24. The SMILES string of the molecule is CN(C)C=Nc1nc(-c2ccccc2)c(Br)c2nc([C@@H]3CCCN(C(=O)OC(C)(C)C)C3)nn12. The summed E-state index contributed by atoms with van der Waals surface area (Å²) in [5, 5.41) is 4.78. The summed E-state index contributed by atoms with van der Waals surface area (Å²) in [6.45, 7) is 6.81. The third-order valence-corrected chi connectivity index (χ3v) is 6.05. The molecule has 0 spiro atoms. The Balaban J connectivity index is 1.73. The van der Waals surface area contributed by atoms with Crippen molar-refractivity contribution in [2.24, 2.45) is 4.99 Å². The lowest BCUT2D eigenvalue weighted by Crippen LogP contribution is -2.42. The van der Waals surface area contributed by atoms with Crippen molar-refractivity contribution in [3.8, 4) is 11.3 Å². The zero-order valence-electron chi connectivity index (χ0n) is 20.2. The van der Waals surface area contributed by atoms with Crippen LogP contribution in [-0.4, -0.2) is 74.6 Å². The van der Waals surface area contributed by atoms with Gasteiger partial charge in [-0.05, 0) is 49.5 Å². The number of likely N-dealkylation sites (tertiary alicyclic amines) is 1. The van der Waals surface area contributed by atoms with Crippen molar-refractivity contribution in [1.82, 2.24) is 29.4 Å². The topological polar surface area (TPSA) is 88.2 Å². The molecule has 1 saturated heterocycles. The molecule has 180 valence electrons. The second-order valence-electron chi connectivity index (χ2n) is 9.62. The number of rotatable bonds is 4. The zero-order valence-corrected chi connectivity index (χ0v) is 21.8. The fraction of sp³-hybridized carbons (Fsp3) is 0.458. The first-order chi connectivity index (χ1) is 16.1. The summed E-state index contributed by atoms with van der Waals surface area (Å²) in [4.78, 5) is 30.4. The van der Waals surface area contributed by atoms with Crippen LogP contribution < -0.4 is 0 Å². The van der Waals surface area contributed by atoms with Crippen molar-refractivity contribution < 1.29 is 9.53 Å². The Kier molecular flexibility index (Phi) is 6.88. The summed E-state index contributed by atoms with van der Waals surface area (Å²) in [5.74, 6) is 1.10. The summed E-state index contributed by atoms with van der Waals surface area (Å²) in [6.07, 6.45) is 3.14. The number of aromatic nitrogens is 4. The average molecular weight is 528 g/mol. The van der Waals surface area contributed by atoms with Crippen molar-refractivity contribution >= 4 is 40.0 Å². The van der Waals surface area contributed by atoms with Crippen LogP contribution in [0.2, 0.25) is 0 Å². The molecule has 1 aliphatic heterocycles. The Morgan fingerprint density at radius 3 is 2.65 bits per heavy atom. The number of fused-ring (bicyclic) bond motifs is 1. The molecule has 0 aliphatic carbocycles. The molecule has 0 N–H and O–H groups in total. The van der Waals surface area contributed by atoms with Crippen molar-refractivity contribution in [1.29, 1.82) is 0 Å². The number of nitrogens with zero attached hydrogens (tertiary/aromatic N) is 7. The van der Waals surface area contributed by atoms with Crippen LogP contribution in [0.5, 0.6) is 0 Å². The van der Waals surface area contributed by atoms with Gasteiger partial charge in [-0.2, -0.15) is 4.52 Å². The molecule has 3 aromatic rings. The number of carbonyl (C=O) groups is 1. The molecule has 1 atom stereocenters. The fourth-order valence-corrected chi connectivity index (χ4v) is 4.38. The Bertz CT molecular complexity index is 1200. The van der Waals surface area contributed by atoms with Crippen molar-refractivity contribution in [2.45, 2.75) is 45.1 Å². The highest BCUT2D eigenvalue weighted by molar-refractivity contribution is 9.10. The van der Waals surface area contributed by atoms with E-state index in [1.165, 1.54) is 0 Å². The molecule has 0 unspecified atom stereocenters. The molecule has 1 aliphatic rings. The summed E-state index contributed by atoms with van der Waals surface area (Å²) in [5.41, 5.74) is 1.81. The first kappa shape index (κ1) is 24.1. The maximum absolute atomic E-state index is 12.6. The fourth-order valence-electron chi connectivity index (χ4n) is 3.80. The number of hydrogen-bond acceptors (Lipinski definition) is 6. The molecule has 9 nitrogen and oxygen atoms in total. The lowest BCUT2D eigenvalue weighted by atomic mass is 9.98. The highest BCUT2D eigenvalue weighted by Gasteiger charge is 2.31. The van der Waals surface area contributed by atoms with Gasteiger partial charge in [0, 0.05) is 38.7 Å². The summed E-state index contributed by atoms with van der Waals surface area (Å²) < 4.78 is 7.99. The molecule has 3 heterocycles. The van der Waals surface area contributed by atoms with Crippen LogP contribution in [-0.2, 0) is 4.74 Å². The second kappa shape index (κ2) is 9.69. The number of hydrogen-bond donors (Lipinski definition) is 0. The number of aliphatic imine (C=N–C) groups is 1. The monoisotopic (exact) mass is 527 g/mol. The molecule has 2 aromatic heterocycles. The van der Waals surface area contributed by atoms with E-state index in [4.69, 9.17) is 19.8 Å². The molecule has 10 heteroatoms. The summed E-state index contributed by atoms with van der Waals surface area (Å²) >= 11 is 3.71. The molecule has 1 fully saturated rings. The van der Waals surface area contributed by atoms with E-state index in [0.717, 1.165) is 28.6 Å². The number of amides is 1. The predicted molar refractivity (Wildman–Crippen MR) is 136 cm³/mol. The quantitative estimate of drug-likeness (QED) is 0.354. The Morgan fingerprint density at radius 1 is 1.24 bits per heavy atom. The Hall–Kier alpha value is -3.01. The van der Waals surface area contributed by atoms with Crippen LogP contribution >= 0.6 is 15.9 Å². The molecule has 4 rings (SSSR count). The molecular weight excluding hydrogens is 498 g/mol. The van der Waals surface area contributed by atoms with E-state index in [1.807, 2.05) is 70.1 Å². The minimum atomic E-state index is -0.533. The highest BCUT2D eigenvalue weighted by atomic mass is 79.9. The standard InChI is InChI=1S/C24H30BrN7O2/c1-24(2,3)34-23(33)31-13-9-12-17(14-31)20-28-21-18(25)19(16-10-7-6-8-11-16)27-22(32(21)29-20)26-15-30(4)5/h6-8,10-11,15,17H,9,12-14H2,1-5H3/t17-/m1/s1. The van der Waals surface area contributed by atoms with Crippen LogP contribution in [0.15, 0.2) is 39.8 Å². The lowest BCUT2D eigenvalue weighted by Gasteiger charge is -2.33. The van der Waals surface area contributed by atoms with Gasteiger partial charge in [0.1, 0.15) is 5.60 Å². The van der Waals surface area contributed by atoms with Gasteiger partial charge in [-0.25, -0.2) is 19.8 Å². The molecule has 0 saturated carbocycles. The van der Waals surface area contributed by atoms with E-state index in [2.05, 4.69) is 20.9 Å². The third-order valence-electron chi connectivity index (χ3n) is 5.32. The first-order valence-corrected chi connectivity index (χ1v) is 12.1. The maximum Gasteiger partial charge on any atom is 0.410 e. The van der Waals surface area contributed by atoms with E-state index in [-0.39, 0.29) is 12.0 Å².